The first kappa shape index (κ1) is 19.8. The minimum Gasteiger partial charge on any atom is -0.496 e. The number of halogens is 3. The molecule has 2 aliphatic heterocycles. The Kier molecular flexibility index (Phi) is 5.25. The van der Waals surface area contributed by atoms with Crippen molar-refractivity contribution in [3.63, 3.8) is 0 Å². The van der Waals surface area contributed by atoms with E-state index in [4.69, 9.17) is 4.74 Å². The second-order valence-corrected chi connectivity index (χ2v) is 7.58. The average Bonchev–Trinajstić information content (AvgIpc) is 3.09. The average molecular weight is 404 g/mol. The van der Waals surface area contributed by atoms with Crippen LogP contribution in [0, 0.1) is 0 Å². The van der Waals surface area contributed by atoms with Crippen molar-refractivity contribution < 1.29 is 22.7 Å². The number of carbonyl (C=O) groups excluding carboxylic acids is 1. The molecule has 1 fully saturated rings. The molecular formula is C22H23F3N2O2. The molecule has 2 heterocycles. The molecule has 1 unspecified atom stereocenters. The molecule has 0 aliphatic carbocycles. The lowest BCUT2D eigenvalue weighted by molar-refractivity contribution is -0.138. The number of hydrogen-bond acceptors (Lipinski definition) is 3. The minimum atomic E-state index is -4.60. The predicted molar refractivity (Wildman–Crippen MR) is 104 cm³/mol. The van der Waals surface area contributed by atoms with E-state index in [1.807, 2.05) is 18.2 Å². The van der Waals surface area contributed by atoms with Gasteiger partial charge in [-0.15, -0.1) is 0 Å². The van der Waals surface area contributed by atoms with E-state index in [1.54, 1.807) is 0 Å². The molecule has 0 aromatic heterocycles. The van der Waals surface area contributed by atoms with E-state index in [1.165, 1.54) is 30.4 Å². The lowest BCUT2D eigenvalue weighted by Crippen LogP contribution is -2.23. The zero-order valence-corrected chi connectivity index (χ0v) is 16.2. The standard InChI is InChI=1S/C22H23F3N2O2/c1-29-20-9-7-15(12-18(20)22(23,24)25)21(28)26-16-8-6-14-4-2-10-27-11-3-5-19(27)17(14)13-16/h6-9,12-13,19H,2-5,10-11H2,1H3,(H,26,28). The summed E-state index contributed by atoms with van der Waals surface area (Å²) in [6.07, 6.45) is -0.229. The summed E-state index contributed by atoms with van der Waals surface area (Å²) in [4.78, 5) is 15.1. The highest BCUT2D eigenvalue weighted by molar-refractivity contribution is 6.04. The fraction of sp³-hybridized carbons (Fsp3) is 0.409. The molecule has 1 saturated heterocycles. The van der Waals surface area contributed by atoms with Crippen LogP contribution in [0.1, 0.15) is 52.4 Å². The molecule has 7 heteroatoms. The van der Waals surface area contributed by atoms with Gasteiger partial charge in [-0.05, 0) is 80.2 Å². The Morgan fingerprint density at radius 1 is 1.14 bits per heavy atom. The normalized spacial score (nSPS) is 19.2. The van der Waals surface area contributed by atoms with Gasteiger partial charge in [-0.25, -0.2) is 0 Å². The first-order valence-electron chi connectivity index (χ1n) is 9.80. The Bertz CT molecular complexity index is 927. The Balaban J connectivity index is 1.60. The monoisotopic (exact) mass is 404 g/mol. The van der Waals surface area contributed by atoms with Crippen LogP contribution in [0.5, 0.6) is 5.75 Å². The van der Waals surface area contributed by atoms with E-state index in [0.717, 1.165) is 44.8 Å². The Morgan fingerprint density at radius 3 is 2.69 bits per heavy atom. The highest BCUT2D eigenvalue weighted by Crippen LogP contribution is 2.39. The van der Waals surface area contributed by atoms with Crippen molar-refractivity contribution in [2.75, 3.05) is 25.5 Å². The van der Waals surface area contributed by atoms with E-state index in [0.29, 0.717) is 11.7 Å². The third kappa shape index (κ3) is 3.96. The zero-order chi connectivity index (χ0) is 20.6. The lowest BCUT2D eigenvalue weighted by Gasteiger charge is -2.23. The van der Waals surface area contributed by atoms with Gasteiger partial charge >= 0.3 is 6.18 Å². The second-order valence-electron chi connectivity index (χ2n) is 7.58. The quantitative estimate of drug-likeness (QED) is 0.779. The van der Waals surface area contributed by atoms with E-state index in [-0.39, 0.29) is 11.3 Å². The molecule has 4 nitrogen and oxygen atoms in total. The second kappa shape index (κ2) is 7.71. The zero-order valence-electron chi connectivity index (χ0n) is 16.2. The molecule has 2 aromatic carbocycles. The molecule has 2 aliphatic rings. The van der Waals surface area contributed by atoms with Crippen LogP contribution in [0.2, 0.25) is 0 Å². The maximum Gasteiger partial charge on any atom is 0.419 e. The van der Waals surface area contributed by atoms with Crippen LogP contribution in [0.4, 0.5) is 18.9 Å². The number of methoxy groups -OCH3 is 1. The summed E-state index contributed by atoms with van der Waals surface area (Å²) < 4.78 is 44.5. The summed E-state index contributed by atoms with van der Waals surface area (Å²) in [5.41, 5.74) is 2.10. The third-order valence-electron chi connectivity index (χ3n) is 5.78. The van der Waals surface area contributed by atoms with Crippen molar-refractivity contribution in [2.24, 2.45) is 0 Å². The van der Waals surface area contributed by atoms with E-state index in [9.17, 15) is 18.0 Å². The van der Waals surface area contributed by atoms with Crippen LogP contribution in [-0.4, -0.2) is 31.0 Å². The van der Waals surface area contributed by atoms with Gasteiger partial charge < -0.3 is 10.1 Å². The first-order chi connectivity index (χ1) is 13.9. The summed E-state index contributed by atoms with van der Waals surface area (Å²) >= 11 is 0. The predicted octanol–water partition coefficient (Wildman–Crippen LogP) is 5.05. The molecule has 0 bridgehead atoms. The number of nitrogens with one attached hydrogen (secondary N) is 1. The summed E-state index contributed by atoms with van der Waals surface area (Å²) in [7, 11) is 1.17. The highest BCUT2D eigenvalue weighted by atomic mass is 19.4. The number of carbonyl (C=O) groups is 1. The number of benzene rings is 2. The molecule has 1 amide bonds. The number of anilines is 1. The molecule has 0 saturated carbocycles. The molecular weight excluding hydrogens is 381 g/mol. The molecule has 1 atom stereocenters. The van der Waals surface area contributed by atoms with E-state index in [2.05, 4.69) is 10.2 Å². The van der Waals surface area contributed by atoms with Gasteiger partial charge in [0.2, 0.25) is 0 Å². The van der Waals surface area contributed by atoms with Gasteiger partial charge in [-0.2, -0.15) is 13.2 Å². The fourth-order valence-corrected chi connectivity index (χ4v) is 4.40. The SMILES string of the molecule is COc1ccc(C(=O)Nc2ccc3c(c2)C2CCCN2CCC3)cc1C(F)(F)F. The largest absolute Gasteiger partial charge is 0.496 e. The summed E-state index contributed by atoms with van der Waals surface area (Å²) in [6.45, 7) is 2.17. The fourth-order valence-electron chi connectivity index (χ4n) is 4.40. The lowest BCUT2D eigenvalue weighted by atomic mass is 9.96. The van der Waals surface area contributed by atoms with Gasteiger partial charge in [0.15, 0.2) is 0 Å². The number of alkyl halides is 3. The molecule has 4 rings (SSSR count). The Labute approximate surface area is 167 Å². The number of fused-ring (bicyclic) bond motifs is 3. The van der Waals surface area contributed by atoms with Crippen LogP contribution >= 0.6 is 0 Å². The van der Waals surface area contributed by atoms with Crippen LogP contribution in [0.15, 0.2) is 36.4 Å². The van der Waals surface area contributed by atoms with E-state index < -0.39 is 17.6 Å². The molecule has 1 N–H and O–H groups in total. The number of rotatable bonds is 3. The van der Waals surface area contributed by atoms with Crippen molar-refractivity contribution in [3.05, 3.63) is 58.7 Å². The molecule has 0 spiro atoms. The van der Waals surface area contributed by atoms with E-state index >= 15 is 0 Å². The minimum absolute atomic E-state index is 0.0597. The number of aryl methyl sites for hydroxylation is 1. The number of ether oxygens (including phenoxy) is 1. The first-order valence-corrected chi connectivity index (χ1v) is 9.80. The van der Waals surface area contributed by atoms with Crippen molar-refractivity contribution in [3.8, 4) is 5.75 Å². The number of nitrogens with zero attached hydrogens (tertiary/aromatic N) is 1. The third-order valence-corrected chi connectivity index (χ3v) is 5.78. The molecule has 2 aromatic rings. The number of amides is 1. The number of hydrogen-bond donors (Lipinski definition) is 1. The summed E-state index contributed by atoms with van der Waals surface area (Å²) in [5.74, 6) is -0.879. The maximum absolute atomic E-state index is 13.2. The maximum atomic E-state index is 13.2. The van der Waals surface area contributed by atoms with Gasteiger partial charge in [0, 0.05) is 17.3 Å². The summed E-state index contributed by atoms with van der Waals surface area (Å²) in [5, 5.41) is 2.76. The van der Waals surface area contributed by atoms with Gasteiger partial charge in [0.1, 0.15) is 5.75 Å². The van der Waals surface area contributed by atoms with Crippen LogP contribution in [0.3, 0.4) is 0 Å². The van der Waals surface area contributed by atoms with Gasteiger partial charge in [-0.3, -0.25) is 9.69 Å². The van der Waals surface area contributed by atoms with Gasteiger partial charge in [0.05, 0.1) is 12.7 Å². The van der Waals surface area contributed by atoms with Crippen molar-refractivity contribution in [1.82, 2.24) is 4.90 Å². The summed E-state index contributed by atoms with van der Waals surface area (Å²) in [6, 6.07) is 9.54. The topological polar surface area (TPSA) is 41.6 Å². The highest BCUT2D eigenvalue weighted by Gasteiger charge is 2.35. The Morgan fingerprint density at radius 2 is 1.93 bits per heavy atom. The molecule has 0 radical (unpaired) electrons. The van der Waals surface area contributed by atoms with Crippen molar-refractivity contribution in [1.29, 1.82) is 0 Å². The van der Waals surface area contributed by atoms with Crippen LogP contribution < -0.4 is 10.1 Å². The molecule has 154 valence electrons. The smallest absolute Gasteiger partial charge is 0.419 e. The van der Waals surface area contributed by atoms with Crippen LogP contribution in [0.25, 0.3) is 0 Å². The Hall–Kier alpha value is -2.54. The van der Waals surface area contributed by atoms with Gasteiger partial charge in [-0.1, -0.05) is 6.07 Å². The van der Waals surface area contributed by atoms with Crippen LogP contribution in [-0.2, 0) is 12.6 Å². The van der Waals surface area contributed by atoms with Crippen molar-refractivity contribution >= 4 is 11.6 Å². The van der Waals surface area contributed by atoms with Gasteiger partial charge in [0.25, 0.3) is 5.91 Å². The van der Waals surface area contributed by atoms with Crippen molar-refractivity contribution in [2.45, 2.75) is 37.9 Å². The molecule has 29 heavy (non-hydrogen) atoms.